The summed E-state index contributed by atoms with van der Waals surface area (Å²) in [6.07, 6.45) is 0.193. The first-order chi connectivity index (χ1) is 18.3. The quantitative estimate of drug-likeness (QED) is 0.163. The Hall–Kier alpha value is -4.91. The van der Waals surface area contributed by atoms with Gasteiger partial charge in [0.15, 0.2) is 11.6 Å². The highest BCUT2D eigenvalue weighted by Gasteiger charge is 2.18. The van der Waals surface area contributed by atoms with Crippen LogP contribution in [0, 0.1) is 0 Å². The van der Waals surface area contributed by atoms with E-state index in [0.717, 1.165) is 0 Å². The maximum Gasteiger partial charge on any atom is 0.519 e. The molecule has 0 saturated carbocycles. The molecule has 4 aromatic carbocycles. The molecule has 7 heteroatoms. The number of hydrogen-bond donors (Lipinski definition) is 2. The van der Waals surface area contributed by atoms with Crippen molar-refractivity contribution in [3.63, 3.8) is 0 Å². The van der Waals surface area contributed by atoms with Crippen LogP contribution in [0.15, 0.2) is 84.9 Å². The average molecular weight is 511 g/mol. The van der Waals surface area contributed by atoms with Crippen LogP contribution in [-0.4, -0.2) is 27.9 Å². The third-order valence-electron chi connectivity index (χ3n) is 6.13. The predicted octanol–water partition coefficient (Wildman–Crippen LogP) is 6.26. The van der Waals surface area contributed by atoms with E-state index >= 15 is 0 Å². The number of aromatic hydroxyl groups is 2. The van der Waals surface area contributed by atoms with Crippen LogP contribution < -0.4 is 9.47 Å². The van der Waals surface area contributed by atoms with E-state index in [4.69, 9.17) is 9.47 Å². The number of para-hydroxylation sites is 2. The van der Waals surface area contributed by atoms with Gasteiger partial charge in [-0.1, -0.05) is 38.1 Å². The van der Waals surface area contributed by atoms with Crippen LogP contribution in [0.25, 0.3) is 0 Å². The number of rotatable bonds is 8. The molecule has 4 rings (SSSR count). The van der Waals surface area contributed by atoms with Gasteiger partial charge in [0.1, 0.15) is 23.0 Å². The molecule has 0 aliphatic carbocycles. The van der Waals surface area contributed by atoms with E-state index < -0.39 is 6.16 Å². The van der Waals surface area contributed by atoms with Gasteiger partial charge in [-0.05, 0) is 84.6 Å². The van der Waals surface area contributed by atoms with Crippen molar-refractivity contribution in [1.29, 1.82) is 0 Å². The summed E-state index contributed by atoms with van der Waals surface area (Å²) in [5, 5.41) is 20.7. The van der Waals surface area contributed by atoms with E-state index in [1.165, 1.54) is 48.5 Å². The second-order valence-corrected chi connectivity index (χ2v) is 8.49. The van der Waals surface area contributed by atoms with Crippen molar-refractivity contribution in [3.8, 4) is 23.0 Å². The Balaban J connectivity index is 1.39. The number of hydrogen-bond acceptors (Lipinski definition) is 7. The van der Waals surface area contributed by atoms with E-state index in [2.05, 4.69) is 0 Å². The highest BCUT2D eigenvalue weighted by Crippen LogP contribution is 2.27. The fraction of sp³-hybridized carbons (Fsp3) is 0.129. The Morgan fingerprint density at radius 3 is 1.29 bits per heavy atom. The summed E-state index contributed by atoms with van der Waals surface area (Å²) in [6.45, 7) is 3.78. The molecule has 192 valence electrons. The Morgan fingerprint density at radius 2 is 0.947 bits per heavy atom. The number of phenolic OH excluding ortho intramolecular Hbond substituents is 2. The molecular formula is C31H26O7. The van der Waals surface area contributed by atoms with Gasteiger partial charge in [0.05, 0.1) is 11.1 Å². The van der Waals surface area contributed by atoms with Crippen LogP contribution in [0.4, 0.5) is 4.79 Å². The van der Waals surface area contributed by atoms with Gasteiger partial charge in [-0.15, -0.1) is 0 Å². The molecule has 0 heterocycles. The number of phenols is 2. The largest absolute Gasteiger partial charge is 0.519 e. The molecule has 0 aliphatic heterocycles. The molecule has 0 saturated heterocycles. The normalized spacial score (nSPS) is 10.6. The van der Waals surface area contributed by atoms with E-state index in [1.807, 2.05) is 13.8 Å². The number of aryl methyl sites for hydroxylation is 2. The number of ether oxygens (including phenoxy) is 2. The van der Waals surface area contributed by atoms with Gasteiger partial charge in [-0.3, -0.25) is 9.59 Å². The van der Waals surface area contributed by atoms with Gasteiger partial charge < -0.3 is 19.7 Å². The van der Waals surface area contributed by atoms with Gasteiger partial charge in [0.2, 0.25) is 0 Å². The van der Waals surface area contributed by atoms with Crippen molar-refractivity contribution in [2.45, 2.75) is 26.7 Å². The fourth-order valence-corrected chi connectivity index (χ4v) is 3.99. The van der Waals surface area contributed by atoms with E-state index in [1.54, 1.807) is 36.4 Å². The maximum absolute atomic E-state index is 12.8. The molecule has 0 aliphatic rings. The molecule has 38 heavy (non-hydrogen) atoms. The minimum absolute atomic E-state index is 0.0390. The van der Waals surface area contributed by atoms with Gasteiger partial charge in [0, 0.05) is 11.1 Å². The molecule has 0 radical (unpaired) electrons. The van der Waals surface area contributed by atoms with Crippen molar-refractivity contribution < 1.29 is 34.1 Å². The zero-order chi connectivity index (χ0) is 27.2. The zero-order valence-corrected chi connectivity index (χ0v) is 20.9. The Morgan fingerprint density at radius 1 is 0.579 bits per heavy atom. The first-order valence-electron chi connectivity index (χ1n) is 12.1. The standard InChI is InChI=1S/C31H26O7/c1-3-19-7-5-9-25(27(19)32)29(34)21-11-15-23(16-12-21)37-31(36)38-24-17-13-22(14-18-24)30(35)26-10-6-8-20(4-2)28(26)33/h5-18,32-33H,3-4H2,1-2H3. The van der Waals surface area contributed by atoms with Gasteiger partial charge in [-0.25, -0.2) is 4.79 Å². The van der Waals surface area contributed by atoms with Crippen LogP contribution in [0.5, 0.6) is 23.0 Å². The Labute approximate surface area is 219 Å². The van der Waals surface area contributed by atoms with Crippen LogP contribution in [-0.2, 0) is 12.8 Å². The van der Waals surface area contributed by atoms with E-state index in [9.17, 15) is 24.6 Å². The smallest absolute Gasteiger partial charge is 0.507 e. The third kappa shape index (κ3) is 5.57. The summed E-state index contributed by atoms with van der Waals surface area (Å²) in [6, 6.07) is 21.9. The number of benzene rings is 4. The number of carbonyl (C=O) groups is 3. The second-order valence-electron chi connectivity index (χ2n) is 8.49. The van der Waals surface area contributed by atoms with Crippen LogP contribution in [0.1, 0.15) is 56.8 Å². The molecule has 0 bridgehead atoms. The summed E-state index contributed by atoms with van der Waals surface area (Å²) in [5.41, 5.74) is 2.41. The lowest BCUT2D eigenvalue weighted by molar-refractivity contribution is 0.102. The average Bonchev–Trinajstić information content (AvgIpc) is 2.93. The van der Waals surface area contributed by atoms with Crippen molar-refractivity contribution >= 4 is 17.7 Å². The SMILES string of the molecule is CCc1cccc(C(=O)c2ccc(OC(=O)Oc3ccc(C(=O)c4cccc(CC)c4O)cc3)cc2)c1O. The summed E-state index contributed by atoms with van der Waals surface area (Å²) in [4.78, 5) is 37.8. The molecule has 4 aromatic rings. The number of ketones is 2. The van der Waals surface area contributed by atoms with Crippen LogP contribution in [0.2, 0.25) is 0 Å². The minimum Gasteiger partial charge on any atom is -0.507 e. The van der Waals surface area contributed by atoms with Gasteiger partial charge in [0.25, 0.3) is 0 Å². The van der Waals surface area contributed by atoms with Crippen molar-refractivity contribution in [2.24, 2.45) is 0 Å². The molecule has 7 nitrogen and oxygen atoms in total. The van der Waals surface area contributed by atoms with Gasteiger partial charge >= 0.3 is 6.16 Å². The summed E-state index contributed by atoms with van der Waals surface area (Å²) >= 11 is 0. The predicted molar refractivity (Wildman–Crippen MR) is 141 cm³/mol. The third-order valence-corrected chi connectivity index (χ3v) is 6.13. The Bertz CT molecular complexity index is 1370. The summed E-state index contributed by atoms with van der Waals surface area (Å²) in [5.74, 6) is -0.453. The number of carbonyl (C=O) groups excluding carboxylic acids is 3. The van der Waals surface area contributed by atoms with Crippen LogP contribution >= 0.6 is 0 Å². The molecule has 2 N–H and O–H groups in total. The van der Waals surface area contributed by atoms with Crippen molar-refractivity contribution in [2.75, 3.05) is 0 Å². The highest BCUT2D eigenvalue weighted by molar-refractivity contribution is 6.11. The monoisotopic (exact) mass is 510 g/mol. The molecular weight excluding hydrogens is 484 g/mol. The first-order valence-corrected chi connectivity index (χ1v) is 12.1. The second kappa shape index (κ2) is 11.4. The summed E-state index contributed by atoms with van der Waals surface area (Å²) in [7, 11) is 0. The molecule has 0 atom stereocenters. The lowest BCUT2D eigenvalue weighted by Crippen LogP contribution is -2.14. The summed E-state index contributed by atoms with van der Waals surface area (Å²) < 4.78 is 10.4. The maximum atomic E-state index is 12.8. The lowest BCUT2D eigenvalue weighted by Gasteiger charge is -2.09. The topological polar surface area (TPSA) is 110 Å². The Kier molecular flexibility index (Phi) is 7.87. The van der Waals surface area contributed by atoms with Crippen LogP contribution in [0.3, 0.4) is 0 Å². The molecule has 0 spiro atoms. The lowest BCUT2D eigenvalue weighted by atomic mass is 9.99. The zero-order valence-electron chi connectivity index (χ0n) is 20.9. The molecule has 0 amide bonds. The minimum atomic E-state index is -0.996. The molecule has 0 unspecified atom stereocenters. The van der Waals surface area contributed by atoms with E-state index in [0.29, 0.717) is 35.1 Å². The van der Waals surface area contributed by atoms with Crippen molar-refractivity contribution in [3.05, 3.63) is 118 Å². The molecule has 0 aromatic heterocycles. The van der Waals surface area contributed by atoms with Crippen molar-refractivity contribution in [1.82, 2.24) is 0 Å². The molecule has 0 fully saturated rings. The highest BCUT2D eigenvalue weighted by atomic mass is 16.7. The van der Waals surface area contributed by atoms with Gasteiger partial charge in [-0.2, -0.15) is 0 Å². The fourth-order valence-electron chi connectivity index (χ4n) is 3.99. The first kappa shape index (κ1) is 26.2. The van der Waals surface area contributed by atoms with E-state index in [-0.39, 0.29) is 45.7 Å².